The third kappa shape index (κ3) is 30.8. The van der Waals surface area contributed by atoms with Crippen LogP contribution in [0.3, 0.4) is 0 Å². The molecule has 0 saturated heterocycles. The zero-order valence-electron chi connectivity index (χ0n) is 22.0. The number of phosphoric ester groups is 1. The zero-order valence-corrected chi connectivity index (χ0v) is 22.9. The molecule has 0 spiro atoms. The van der Waals surface area contributed by atoms with Crippen molar-refractivity contribution in [1.82, 2.24) is 0 Å². The highest BCUT2D eigenvalue weighted by atomic mass is 31.2. The van der Waals surface area contributed by atoms with Crippen molar-refractivity contribution in [1.29, 1.82) is 0 Å². The Labute approximate surface area is 212 Å². The lowest BCUT2D eigenvalue weighted by Crippen LogP contribution is -2.30. The number of rotatable bonds is 22. The number of aliphatic imine (C=N–C) groups is 1. The maximum atomic E-state index is 10.7. The fourth-order valence-electron chi connectivity index (χ4n) is 3.58. The molecule has 0 heterocycles. The van der Waals surface area contributed by atoms with Crippen molar-refractivity contribution in [2.24, 2.45) is 28.1 Å². The summed E-state index contributed by atoms with van der Waals surface area (Å²) >= 11 is 0. The summed E-state index contributed by atoms with van der Waals surface area (Å²) in [5.74, 6) is -0.776. The average molecular weight is 523 g/mol. The molecule has 0 rings (SSSR count). The molecule has 0 aliphatic carbocycles. The first-order valence-corrected chi connectivity index (χ1v) is 14.7. The molecule has 0 aliphatic heterocycles. The van der Waals surface area contributed by atoms with Crippen molar-refractivity contribution in [3.63, 3.8) is 0 Å². The van der Waals surface area contributed by atoms with Crippen LogP contribution < -0.4 is 27.0 Å². The highest BCUT2D eigenvalue weighted by Gasteiger charge is 2.10. The molecule has 0 aliphatic rings. The summed E-state index contributed by atoms with van der Waals surface area (Å²) in [4.78, 5) is 35.3. The Bertz CT molecular complexity index is 570. The molecule has 0 radical (unpaired) electrons. The van der Waals surface area contributed by atoms with Crippen LogP contribution in [-0.4, -0.2) is 36.2 Å². The van der Waals surface area contributed by atoms with Crippen molar-refractivity contribution < 1.29 is 28.8 Å². The molecule has 35 heavy (non-hydrogen) atoms. The van der Waals surface area contributed by atoms with Gasteiger partial charge < -0.3 is 41.2 Å². The van der Waals surface area contributed by atoms with Crippen LogP contribution in [0, 0.1) is 5.92 Å². The number of hydrogen-bond acceptors (Lipinski definition) is 7. The monoisotopic (exact) mass is 522 g/mol. The molecule has 0 aromatic rings. The average Bonchev–Trinajstić information content (AvgIpc) is 2.78. The Morgan fingerprint density at radius 3 is 1.71 bits per heavy atom. The lowest BCUT2D eigenvalue weighted by molar-refractivity contribution is -0.342. The molecule has 0 aromatic carbocycles. The van der Waals surface area contributed by atoms with Crippen molar-refractivity contribution in [2.75, 3.05) is 13.2 Å². The highest BCUT2D eigenvalue weighted by Crippen LogP contribution is 2.28. The van der Waals surface area contributed by atoms with E-state index in [0.29, 0.717) is 19.4 Å². The van der Waals surface area contributed by atoms with Crippen LogP contribution in [0.25, 0.3) is 0 Å². The number of nitrogens with zero attached hydrogens (tertiary/aromatic N) is 1. The topological polar surface area (TPSA) is 200 Å². The normalized spacial score (nSPS) is 12.9. The number of carboxylic acid groups (broad SMARTS) is 1. The van der Waals surface area contributed by atoms with Crippen molar-refractivity contribution in [2.45, 2.75) is 123 Å². The van der Waals surface area contributed by atoms with E-state index in [9.17, 15) is 19.1 Å². The fourth-order valence-corrected chi connectivity index (χ4v) is 3.97. The van der Waals surface area contributed by atoms with Gasteiger partial charge >= 0.3 is 5.97 Å². The Kier molecular flexibility index (Phi) is 25.2. The summed E-state index contributed by atoms with van der Waals surface area (Å²) in [6.07, 6.45) is 17.7. The van der Waals surface area contributed by atoms with Crippen LogP contribution >= 0.6 is 7.82 Å². The first kappa shape index (κ1) is 36.0. The number of phosphoric acid groups is 1. The summed E-state index contributed by atoms with van der Waals surface area (Å²) < 4.78 is 15.2. The van der Waals surface area contributed by atoms with Crippen LogP contribution in [0.1, 0.15) is 117 Å². The fraction of sp³-hybridized carbons (Fsp3) is 0.917. The molecule has 11 heteroatoms. The number of carboxylic acids is 1. The van der Waals surface area contributed by atoms with E-state index in [1.807, 2.05) is 0 Å². The number of nitrogens with two attached hydrogens (primary N) is 3. The predicted octanol–water partition coefficient (Wildman–Crippen LogP) is 3.40. The molecule has 10 nitrogen and oxygen atoms in total. The summed E-state index contributed by atoms with van der Waals surface area (Å²) in [7, 11) is -4.83. The van der Waals surface area contributed by atoms with E-state index in [-0.39, 0.29) is 18.5 Å². The molecule has 0 amide bonds. The van der Waals surface area contributed by atoms with Crippen LogP contribution in [0.15, 0.2) is 4.99 Å². The Morgan fingerprint density at radius 2 is 1.31 bits per heavy atom. The van der Waals surface area contributed by atoms with Gasteiger partial charge in [-0.2, -0.15) is 0 Å². The minimum Gasteiger partial charge on any atom is -0.790 e. The van der Waals surface area contributed by atoms with Crippen LogP contribution in [-0.2, 0) is 13.9 Å². The molecule has 2 atom stereocenters. The third-order valence-electron chi connectivity index (χ3n) is 5.69. The Morgan fingerprint density at radius 1 is 0.857 bits per heavy atom. The molecule has 7 N–H and O–H groups in total. The number of guanidine groups is 1. The van der Waals surface area contributed by atoms with E-state index < -0.39 is 19.8 Å². The second kappa shape index (κ2) is 24.5. The van der Waals surface area contributed by atoms with Gasteiger partial charge in [0.1, 0.15) is 6.04 Å². The first-order chi connectivity index (χ1) is 16.5. The van der Waals surface area contributed by atoms with Gasteiger partial charge in [-0.05, 0) is 31.6 Å². The predicted molar refractivity (Wildman–Crippen MR) is 139 cm³/mol. The van der Waals surface area contributed by atoms with Crippen LogP contribution in [0.5, 0.6) is 0 Å². The number of unbranched alkanes of at least 4 members (excludes halogenated alkanes) is 10. The highest BCUT2D eigenvalue weighted by molar-refractivity contribution is 7.43. The molecule has 0 saturated carbocycles. The minimum absolute atomic E-state index is 0.0129. The van der Waals surface area contributed by atoms with Gasteiger partial charge in [-0.15, -0.1) is 0 Å². The smallest absolute Gasteiger partial charge is 0.320 e. The van der Waals surface area contributed by atoms with E-state index in [0.717, 1.165) is 25.7 Å². The van der Waals surface area contributed by atoms with Gasteiger partial charge in [-0.25, -0.2) is 0 Å². The number of hydrogen-bond donors (Lipinski definition) is 4. The van der Waals surface area contributed by atoms with Crippen LogP contribution in [0.2, 0.25) is 0 Å². The van der Waals surface area contributed by atoms with E-state index >= 15 is 0 Å². The van der Waals surface area contributed by atoms with E-state index in [1.165, 1.54) is 64.2 Å². The molecule has 210 valence electrons. The van der Waals surface area contributed by atoms with Gasteiger partial charge in [0.25, 0.3) is 0 Å². The quantitative estimate of drug-likeness (QED) is 0.0711. The van der Waals surface area contributed by atoms with Gasteiger partial charge in [0, 0.05) is 6.54 Å². The van der Waals surface area contributed by atoms with E-state index in [4.69, 9.17) is 22.3 Å². The first-order valence-electron chi connectivity index (χ1n) is 13.2. The number of carbonyl (C=O) groups is 1. The molecule has 0 bridgehead atoms. The second-order valence-electron chi connectivity index (χ2n) is 9.12. The summed E-state index contributed by atoms with van der Waals surface area (Å²) in [6.45, 7) is 4.91. The number of aliphatic carboxylic acids is 1. The minimum atomic E-state index is -4.83. The lowest BCUT2D eigenvalue weighted by atomic mass is 9.95. The van der Waals surface area contributed by atoms with E-state index in [2.05, 4.69) is 23.4 Å². The van der Waals surface area contributed by atoms with E-state index in [1.54, 1.807) is 0 Å². The molecule has 0 fully saturated rings. The summed E-state index contributed by atoms with van der Waals surface area (Å²) in [5, 5.41) is 8.38. The van der Waals surface area contributed by atoms with Gasteiger partial charge in [-0.3, -0.25) is 9.79 Å². The Hall–Kier alpha value is -1.19. The molecule has 2 unspecified atom stereocenters. The molecular weight excluding hydrogens is 471 g/mol. The zero-order chi connectivity index (χ0) is 27.0. The van der Waals surface area contributed by atoms with Gasteiger partial charge in [0.05, 0.1) is 14.4 Å². The SMILES string of the molecule is CCCCCCCCCC(CCCCCCC)COP(=O)([O-])[O-].NC(N)=NCCCC(N)C(=O)O. The van der Waals surface area contributed by atoms with Gasteiger partial charge in [0.15, 0.2) is 5.96 Å². The Balaban J connectivity index is 0. The molecular formula is C24H51N4O6P-2. The van der Waals surface area contributed by atoms with Crippen LogP contribution in [0.4, 0.5) is 0 Å². The lowest BCUT2D eigenvalue weighted by Gasteiger charge is -2.31. The van der Waals surface area contributed by atoms with Gasteiger partial charge in [-0.1, -0.05) is 90.9 Å². The van der Waals surface area contributed by atoms with Crippen molar-refractivity contribution in [3.05, 3.63) is 0 Å². The standard InChI is InChI=1S/C18H39O4P.C6H14N4O2/c1-3-5-7-9-10-12-14-16-18(17-22-23(19,20)21)15-13-11-8-6-4-2;7-4(5(11)12)2-1-3-10-6(8)9/h18H,3-17H2,1-2H3,(H2,19,20,21);4H,1-3,7H2,(H,11,12)(H4,8,9,10)/p-2. The maximum absolute atomic E-state index is 10.7. The molecule has 0 aromatic heterocycles. The maximum Gasteiger partial charge on any atom is 0.320 e. The summed E-state index contributed by atoms with van der Waals surface area (Å²) in [6, 6.07) is -0.820. The summed E-state index contributed by atoms with van der Waals surface area (Å²) in [5.41, 5.74) is 15.3. The third-order valence-corrected chi connectivity index (χ3v) is 6.15. The largest absolute Gasteiger partial charge is 0.790 e. The van der Waals surface area contributed by atoms with Crippen molar-refractivity contribution >= 4 is 19.8 Å². The second-order valence-corrected chi connectivity index (χ2v) is 10.3. The van der Waals surface area contributed by atoms with Gasteiger partial charge in [0.2, 0.25) is 0 Å². The van der Waals surface area contributed by atoms with Crippen molar-refractivity contribution in [3.8, 4) is 0 Å².